The summed E-state index contributed by atoms with van der Waals surface area (Å²) >= 11 is 0. The van der Waals surface area contributed by atoms with E-state index in [9.17, 15) is 0 Å². The van der Waals surface area contributed by atoms with Gasteiger partial charge in [-0.05, 0) is 6.92 Å². The first-order chi connectivity index (χ1) is 5.26. The van der Waals surface area contributed by atoms with Gasteiger partial charge in [0.15, 0.2) is 5.95 Å². The summed E-state index contributed by atoms with van der Waals surface area (Å²) in [5, 5.41) is 5.40. The maximum absolute atomic E-state index is 4.00. The van der Waals surface area contributed by atoms with E-state index in [-0.39, 0.29) is 32.7 Å². The Balaban J connectivity index is 0.00000121. The van der Waals surface area contributed by atoms with Gasteiger partial charge in [-0.3, -0.25) is 7.05 Å². The van der Waals surface area contributed by atoms with Crippen LogP contribution in [0.4, 0.5) is 11.9 Å². The molecule has 12 heavy (non-hydrogen) atoms. The number of aromatic nitrogens is 3. The van der Waals surface area contributed by atoms with Crippen molar-refractivity contribution in [2.24, 2.45) is 0 Å². The molecule has 0 aliphatic heterocycles. The van der Waals surface area contributed by atoms with Crippen molar-refractivity contribution < 1.29 is 32.7 Å². The number of anilines is 2. The van der Waals surface area contributed by atoms with Gasteiger partial charge < -0.3 is 10.6 Å². The zero-order valence-corrected chi connectivity index (χ0v) is 9.96. The van der Waals surface area contributed by atoms with E-state index in [1.165, 1.54) is 0 Å². The van der Waals surface area contributed by atoms with Crippen LogP contribution in [-0.2, 0) is 32.7 Å². The van der Waals surface area contributed by atoms with Crippen molar-refractivity contribution in [1.29, 1.82) is 0 Å². The second kappa shape index (κ2) is 5.38. The maximum atomic E-state index is 4.00. The monoisotopic (exact) mass is 241 g/mol. The SMILES string of the molecule is [CH2-]Nc1nc(C)nc(NC)n1.[Y]. The van der Waals surface area contributed by atoms with Gasteiger partial charge >= 0.3 is 0 Å². The quantitative estimate of drug-likeness (QED) is 0.735. The third-order valence-electron chi connectivity index (χ3n) is 1.13. The smallest absolute Gasteiger partial charge is 0.227 e. The van der Waals surface area contributed by atoms with Crippen molar-refractivity contribution in [3.8, 4) is 0 Å². The van der Waals surface area contributed by atoms with Crippen molar-refractivity contribution in [2.75, 3.05) is 17.7 Å². The van der Waals surface area contributed by atoms with Crippen molar-refractivity contribution in [2.45, 2.75) is 6.92 Å². The third kappa shape index (κ3) is 2.99. The predicted octanol–water partition coefficient (Wildman–Crippen LogP) is 0.423. The van der Waals surface area contributed by atoms with Crippen molar-refractivity contribution in [3.63, 3.8) is 0 Å². The first-order valence-electron chi connectivity index (χ1n) is 3.20. The van der Waals surface area contributed by atoms with E-state index in [0.29, 0.717) is 17.7 Å². The van der Waals surface area contributed by atoms with E-state index < -0.39 is 0 Å². The van der Waals surface area contributed by atoms with Crippen LogP contribution >= 0.6 is 0 Å². The number of hydrogen-bond donors (Lipinski definition) is 2. The van der Waals surface area contributed by atoms with Crippen molar-refractivity contribution >= 4 is 11.9 Å². The minimum Gasteiger partial charge on any atom is -0.506 e. The summed E-state index contributed by atoms with van der Waals surface area (Å²) in [5.74, 6) is 1.68. The van der Waals surface area contributed by atoms with Crippen LogP contribution in [0.5, 0.6) is 0 Å². The maximum Gasteiger partial charge on any atom is 0.227 e. The average Bonchev–Trinajstić information content (AvgIpc) is 2.03. The molecular formula is C6H10N5Y-. The molecule has 0 saturated carbocycles. The zero-order valence-electron chi connectivity index (χ0n) is 7.13. The topological polar surface area (TPSA) is 62.7 Å². The summed E-state index contributed by atoms with van der Waals surface area (Å²) < 4.78 is 0. The largest absolute Gasteiger partial charge is 0.506 e. The number of nitrogens with one attached hydrogen (secondary N) is 2. The van der Waals surface area contributed by atoms with Crippen LogP contribution < -0.4 is 10.6 Å². The zero-order chi connectivity index (χ0) is 8.27. The van der Waals surface area contributed by atoms with Gasteiger partial charge in [-0.25, -0.2) is 4.98 Å². The van der Waals surface area contributed by atoms with Gasteiger partial charge in [0.05, 0.1) is 0 Å². The van der Waals surface area contributed by atoms with Gasteiger partial charge in [0.2, 0.25) is 5.95 Å². The molecule has 0 bridgehead atoms. The van der Waals surface area contributed by atoms with Gasteiger partial charge in [-0.15, -0.1) is 0 Å². The van der Waals surface area contributed by atoms with Crippen LogP contribution in [0.15, 0.2) is 0 Å². The fraction of sp³-hybridized carbons (Fsp3) is 0.333. The fourth-order valence-corrected chi connectivity index (χ4v) is 0.673. The molecule has 0 atom stereocenters. The molecule has 63 valence electrons. The van der Waals surface area contributed by atoms with Crippen LogP contribution in [0, 0.1) is 14.0 Å². The molecule has 1 rings (SSSR count). The minimum absolute atomic E-state index is 0. The summed E-state index contributed by atoms with van der Waals surface area (Å²) in [6.45, 7) is 1.80. The van der Waals surface area contributed by atoms with E-state index in [1.54, 1.807) is 14.0 Å². The Morgan fingerprint density at radius 1 is 1.17 bits per heavy atom. The molecule has 0 fully saturated rings. The predicted molar refractivity (Wildman–Crippen MR) is 43.1 cm³/mol. The third-order valence-corrected chi connectivity index (χ3v) is 1.13. The summed E-state index contributed by atoms with van der Waals surface area (Å²) in [4.78, 5) is 11.9. The summed E-state index contributed by atoms with van der Waals surface area (Å²) in [7, 11) is 5.19. The van der Waals surface area contributed by atoms with Crippen LogP contribution in [0.1, 0.15) is 5.82 Å². The van der Waals surface area contributed by atoms with E-state index in [4.69, 9.17) is 0 Å². The van der Waals surface area contributed by atoms with E-state index >= 15 is 0 Å². The Morgan fingerprint density at radius 2 is 1.75 bits per heavy atom. The number of nitrogens with zero attached hydrogens (tertiary/aromatic N) is 3. The molecule has 2 N–H and O–H groups in total. The molecular weight excluding hydrogens is 231 g/mol. The second-order valence-electron chi connectivity index (χ2n) is 1.96. The summed E-state index contributed by atoms with van der Waals surface area (Å²) in [6.07, 6.45) is 0. The Morgan fingerprint density at radius 3 is 2.25 bits per heavy atom. The number of aryl methyl sites for hydroxylation is 1. The Bertz CT molecular complexity index is 229. The summed E-state index contributed by atoms with van der Waals surface area (Å²) in [6, 6.07) is 0. The first-order valence-corrected chi connectivity index (χ1v) is 3.20. The molecule has 0 aliphatic carbocycles. The van der Waals surface area contributed by atoms with Crippen LogP contribution in [-0.4, -0.2) is 22.0 Å². The van der Waals surface area contributed by atoms with Gasteiger partial charge in [0, 0.05) is 39.8 Å². The Kier molecular flexibility index (Phi) is 5.25. The average molecular weight is 241 g/mol. The normalized spacial score (nSPS) is 8.58. The molecule has 0 saturated heterocycles. The molecule has 1 aromatic rings. The Hall–Kier alpha value is -0.286. The number of rotatable bonds is 2. The van der Waals surface area contributed by atoms with Crippen molar-refractivity contribution in [3.05, 3.63) is 12.9 Å². The summed E-state index contributed by atoms with van der Waals surface area (Å²) in [5.41, 5.74) is 0. The molecule has 0 aromatic carbocycles. The molecule has 0 unspecified atom stereocenters. The van der Waals surface area contributed by atoms with Crippen LogP contribution in [0.2, 0.25) is 0 Å². The van der Waals surface area contributed by atoms with Crippen LogP contribution in [0.3, 0.4) is 0 Å². The molecule has 0 aliphatic rings. The molecule has 1 heterocycles. The molecule has 0 amide bonds. The first kappa shape index (κ1) is 11.7. The molecule has 0 spiro atoms. The Labute approximate surface area is 96.7 Å². The number of hydrogen-bond acceptors (Lipinski definition) is 5. The molecule has 5 nitrogen and oxygen atoms in total. The minimum atomic E-state index is 0. The fourth-order valence-electron chi connectivity index (χ4n) is 0.673. The van der Waals surface area contributed by atoms with E-state index in [1.807, 2.05) is 0 Å². The molecule has 1 radical (unpaired) electrons. The van der Waals surface area contributed by atoms with Gasteiger partial charge in [-0.2, -0.15) is 9.97 Å². The second-order valence-corrected chi connectivity index (χ2v) is 1.96. The van der Waals surface area contributed by atoms with E-state index in [0.717, 1.165) is 0 Å². The van der Waals surface area contributed by atoms with E-state index in [2.05, 4.69) is 32.6 Å². The standard InChI is InChI=1S/C6H10N5.Y/c1-4-9-5(7-2)11-6(8-3)10-4;/h2H2,1,3H3,(H2,7,8,9,10,11);/q-1;. The van der Waals surface area contributed by atoms with Crippen LogP contribution in [0.25, 0.3) is 0 Å². The van der Waals surface area contributed by atoms with Gasteiger partial charge in [-0.1, -0.05) is 0 Å². The molecule has 1 aromatic heterocycles. The van der Waals surface area contributed by atoms with Crippen molar-refractivity contribution in [1.82, 2.24) is 15.0 Å². The molecule has 6 heteroatoms. The van der Waals surface area contributed by atoms with Gasteiger partial charge in [0.1, 0.15) is 5.82 Å². The van der Waals surface area contributed by atoms with Gasteiger partial charge in [0.25, 0.3) is 0 Å².